The summed E-state index contributed by atoms with van der Waals surface area (Å²) in [4.78, 5) is 2.30. The number of hydrogen-bond acceptors (Lipinski definition) is 5. The molecule has 0 amide bonds. The van der Waals surface area contributed by atoms with Crippen LogP contribution in [0.5, 0.6) is 5.75 Å². The van der Waals surface area contributed by atoms with Crippen molar-refractivity contribution in [1.29, 1.82) is 0 Å². The van der Waals surface area contributed by atoms with Gasteiger partial charge in [0.2, 0.25) is 0 Å². The summed E-state index contributed by atoms with van der Waals surface area (Å²) in [7, 11) is -2.98. The third kappa shape index (κ3) is 4.89. The maximum Gasteiger partial charge on any atom is 0.153 e. The molecule has 0 bridgehead atoms. The zero-order valence-electron chi connectivity index (χ0n) is 12.5. The van der Waals surface area contributed by atoms with Gasteiger partial charge in [-0.3, -0.25) is 0 Å². The fourth-order valence-corrected chi connectivity index (χ4v) is 2.98. The largest absolute Gasteiger partial charge is 0.490 e. The van der Waals surface area contributed by atoms with Crippen LogP contribution in [0.2, 0.25) is 0 Å². The lowest BCUT2D eigenvalue weighted by Gasteiger charge is -2.24. The smallest absolute Gasteiger partial charge is 0.153 e. The molecule has 0 unspecified atom stereocenters. The Hall–Kier alpha value is -1.27. The molecule has 1 heterocycles. The minimum Gasteiger partial charge on any atom is -0.490 e. The van der Waals surface area contributed by atoms with Crippen molar-refractivity contribution in [2.24, 2.45) is 0 Å². The molecular formula is C15H24N2O3S. The Balaban J connectivity index is 2.02. The summed E-state index contributed by atoms with van der Waals surface area (Å²) in [5, 5.41) is 3.38. The lowest BCUT2D eigenvalue weighted by Crippen LogP contribution is -2.28. The van der Waals surface area contributed by atoms with Gasteiger partial charge in [-0.05, 0) is 25.1 Å². The van der Waals surface area contributed by atoms with Gasteiger partial charge in [0, 0.05) is 25.4 Å². The Labute approximate surface area is 127 Å². The van der Waals surface area contributed by atoms with Crippen LogP contribution < -0.4 is 15.0 Å². The van der Waals surface area contributed by atoms with Gasteiger partial charge < -0.3 is 15.0 Å². The van der Waals surface area contributed by atoms with Crippen LogP contribution >= 0.6 is 0 Å². The van der Waals surface area contributed by atoms with E-state index >= 15 is 0 Å². The van der Waals surface area contributed by atoms with Crippen LogP contribution in [-0.4, -0.2) is 52.7 Å². The van der Waals surface area contributed by atoms with Crippen molar-refractivity contribution in [3.63, 3.8) is 0 Å². The summed E-state index contributed by atoms with van der Waals surface area (Å²) in [6, 6.07) is 7.85. The van der Waals surface area contributed by atoms with E-state index in [1.807, 2.05) is 24.3 Å². The molecule has 1 saturated heterocycles. The van der Waals surface area contributed by atoms with Crippen molar-refractivity contribution in [3.8, 4) is 5.75 Å². The second-order valence-corrected chi connectivity index (χ2v) is 7.62. The minimum atomic E-state index is -2.98. The highest BCUT2D eigenvalue weighted by Gasteiger charge is 2.14. The normalized spacial score (nSPS) is 16.5. The van der Waals surface area contributed by atoms with Gasteiger partial charge in [0.05, 0.1) is 11.4 Å². The van der Waals surface area contributed by atoms with Crippen molar-refractivity contribution in [3.05, 3.63) is 24.3 Å². The lowest BCUT2D eigenvalue weighted by molar-refractivity contribution is 0.341. The predicted octanol–water partition coefficient (Wildman–Crippen LogP) is 1.30. The number of nitrogens with zero attached hydrogens (tertiary/aromatic N) is 1. The molecule has 1 aromatic carbocycles. The number of para-hydroxylation sites is 2. The van der Waals surface area contributed by atoms with Gasteiger partial charge in [-0.2, -0.15) is 0 Å². The summed E-state index contributed by atoms with van der Waals surface area (Å²) in [6.45, 7) is 5.79. The van der Waals surface area contributed by atoms with Gasteiger partial charge in [0.25, 0.3) is 0 Å². The number of anilines is 1. The van der Waals surface area contributed by atoms with E-state index in [1.165, 1.54) is 0 Å². The van der Waals surface area contributed by atoms with Crippen LogP contribution in [0.3, 0.4) is 0 Å². The fourth-order valence-electron chi connectivity index (χ4n) is 2.35. The van der Waals surface area contributed by atoms with Gasteiger partial charge >= 0.3 is 0 Å². The number of hydrogen-bond donors (Lipinski definition) is 1. The van der Waals surface area contributed by atoms with Gasteiger partial charge in [-0.25, -0.2) is 8.42 Å². The monoisotopic (exact) mass is 312 g/mol. The molecule has 0 atom stereocenters. The molecule has 21 heavy (non-hydrogen) atoms. The highest BCUT2D eigenvalue weighted by Crippen LogP contribution is 2.28. The highest BCUT2D eigenvalue weighted by atomic mass is 32.2. The second-order valence-electron chi connectivity index (χ2n) is 5.14. The topological polar surface area (TPSA) is 58.6 Å². The maximum absolute atomic E-state index is 11.5. The average molecular weight is 312 g/mol. The van der Waals surface area contributed by atoms with E-state index in [-0.39, 0.29) is 18.1 Å². The summed E-state index contributed by atoms with van der Waals surface area (Å²) in [6.07, 6.45) is 1.10. The Morgan fingerprint density at radius 3 is 2.86 bits per heavy atom. The standard InChI is InChI=1S/C15H24N2O3S/c1-2-21(18,19)13-12-20-15-7-4-3-6-14(15)17-10-5-8-16-9-11-17/h3-4,6-7,16H,2,5,8-13H2,1H3. The Morgan fingerprint density at radius 2 is 2.05 bits per heavy atom. The van der Waals surface area contributed by atoms with Crippen molar-refractivity contribution < 1.29 is 13.2 Å². The van der Waals surface area contributed by atoms with Crippen LogP contribution in [0.25, 0.3) is 0 Å². The third-order valence-corrected chi connectivity index (χ3v) is 5.31. The van der Waals surface area contributed by atoms with Gasteiger partial charge in [-0.1, -0.05) is 19.1 Å². The molecule has 1 aliphatic heterocycles. The molecule has 0 spiro atoms. The fraction of sp³-hybridized carbons (Fsp3) is 0.600. The summed E-state index contributed by atoms with van der Waals surface area (Å²) >= 11 is 0. The van der Waals surface area contributed by atoms with E-state index < -0.39 is 9.84 Å². The van der Waals surface area contributed by atoms with Crippen molar-refractivity contribution in [2.45, 2.75) is 13.3 Å². The molecular weight excluding hydrogens is 288 g/mol. The number of benzene rings is 1. The van der Waals surface area contributed by atoms with Crippen LogP contribution in [0.15, 0.2) is 24.3 Å². The number of rotatable bonds is 6. The van der Waals surface area contributed by atoms with E-state index in [2.05, 4.69) is 10.2 Å². The molecule has 0 aliphatic carbocycles. The first-order chi connectivity index (χ1) is 10.1. The molecule has 1 N–H and O–H groups in total. The second kappa shape index (κ2) is 7.66. The van der Waals surface area contributed by atoms with Crippen molar-refractivity contribution in [2.75, 3.05) is 49.2 Å². The van der Waals surface area contributed by atoms with E-state index in [9.17, 15) is 8.42 Å². The van der Waals surface area contributed by atoms with Gasteiger partial charge in [0.15, 0.2) is 9.84 Å². The van der Waals surface area contributed by atoms with Crippen LogP contribution in [0, 0.1) is 0 Å². The molecule has 1 aromatic rings. The molecule has 1 aliphatic rings. The Kier molecular flexibility index (Phi) is 5.87. The predicted molar refractivity (Wildman–Crippen MR) is 86.0 cm³/mol. The quantitative estimate of drug-likeness (QED) is 0.858. The lowest BCUT2D eigenvalue weighted by atomic mass is 10.2. The van der Waals surface area contributed by atoms with E-state index in [0.29, 0.717) is 0 Å². The van der Waals surface area contributed by atoms with Crippen LogP contribution in [0.4, 0.5) is 5.69 Å². The van der Waals surface area contributed by atoms with Crippen molar-refractivity contribution >= 4 is 15.5 Å². The molecule has 6 heteroatoms. The zero-order chi connectivity index (χ0) is 15.1. The number of sulfone groups is 1. The van der Waals surface area contributed by atoms with E-state index in [4.69, 9.17) is 4.74 Å². The zero-order valence-corrected chi connectivity index (χ0v) is 13.4. The van der Waals surface area contributed by atoms with Crippen molar-refractivity contribution in [1.82, 2.24) is 5.32 Å². The number of ether oxygens (including phenoxy) is 1. The Bertz CT molecular complexity index is 538. The van der Waals surface area contributed by atoms with Crippen LogP contribution in [-0.2, 0) is 9.84 Å². The molecule has 0 aromatic heterocycles. The van der Waals surface area contributed by atoms with E-state index in [0.717, 1.165) is 44.0 Å². The highest BCUT2D eigenvalue weighted by molar-refractivity contribution is 7.91. The Morgan fingerprint density at radius 1 is 1.24 bits per heavy atom. The molecule has 5 nitrogen and oxygen atoms in total. The minimum absolute atomic E-state index is 0.0688. The summed E-state index contributed by atoms with van der Waals surface area (Å²) in [5.74, 6) is 1.00. The van der Waals surface area contributed by atoms with Gasteiger partial charge in [-0.15, -0.1) is 0 Å². The molecule has 1 fully saturated rings. The first kappa shape index (κ1) is 16.1. The molecule has 0 saturated carbocycles. The van der Waals surface area contributed by atoms with Crippen LogP contribution in [0.1, 0.15) is 13.3 Å². The molecule has 0 radical (unpaired) electrons. The average Bonchev–Trinajstić information content (AvgIpc) is 2.77. The first-order valence-corrected chi connectivity index (χ1v) is 9.32. The summed E-state index contributed by atoms with van der Waals surface area (Å²) in [5.41, 5.74) is 1.05. The number of nitrogens with one attached hydrogen (secondary N) is 1. The molecule has 118 valence electrons. The summed E-state index contributed by atoms with van der Waals surface area (Å²) < 4.78 is 28.8. The molecule has 2 rings (SSSR count). The van der Waals surface area contributed by atoms with E-state index in [1.54, 1.807) is 6.92 Å². The first-order valence-electron chi connectivity index (χ1n) is 7.50. The third-order valence-electron chi connectivity index (χ3n) is 3.64. The van der Waals surface area contributed by atoms with Gasteiger partial charge in [0.1, 0.15) is 12.4 Å². The SMILES string of the molecule is CCS(=O)(=O)CCOc1ccccc1N1CCCNCC1. The maximum atomic E-state index is 11.5.